The summed E-state index contributed by atoms with van der Waals surface area (Å²) < 4.78 is 10.5. The Morgan fingerprint density at radius 1 is 1.03 bits per heavy atom. The average Bonchev–Trinajstić information content (AvgIpc) is 2.74. The van der Waals surface area contributed by atoms with Crippen LogP contribution in [0.5, 0.6) is 17.2 Å². The number of aromatic hydroxyl groups is 2. The molecule has 0 aromatic heterocycles. The molecule has 9 nitrogen and oxygen atoms in total. The first-order chi connectivity index (χ1) is 14.8. The molecule has 0 saturated carbocycles. The van der Waals surface area contributed by atoms with Crippen molar-refractivity contribution in [3.8, 4) is 17.2 Å². The predicted octanol–water partition coefficient (Wildman–Crippen LogP) is 4.61. The molecule has 0 aliphatic carbocycles. The number of esters is 1. The molecule has 0 unspecified atom stereocenters. The summed E-state index contributed by atoms with van der Waals surface area (Å²) in [6.07, 6.45) is 0. The second-order valence-electron chi connectivity index (χ2n) is 6.50. The van der Waals surface area contributed by atoms with E-state index in [0.29, 0.717) is 16.3 Å². The first kappa shape index (κ1) is 21.6. The number of azo groups is 1. The van der Waals surface area contributed by atoms with Gasteiger partial charge in [-0.05, 0) is 26.0 Å². The van der Waals surface area contributed by atoms with E-state index in [4.69, 9.17) is 14.6 Å². The summed E-state index contributed by atoms with van der Waals surface area (Å²) in [5.74, 6) is -2.16. The van der Waals surface area contributed by atoms with E-state index in [1.807, 2.05) is 0 Å². The molecule has 0 amide bonds. The highest BCUT2D eigenvalue weighted by Crippen LogP contribution is 2.45. The summed E-state index contributed by atoms with van der Waals surface area (Å²) in [6.45, 7) is 3.11. The Kier molecular flexibility index (Phi) is 6.35. The first-order valence-electron chi connectivity index (χ1n) is 9.34. The number of nitrogens with zero attached hydrogens (tertiary/aromatic N) is 2. The summed E-state index contributed by atoms with van der Waals surface area (Å²) in [4.78, 5) is 22.8. The molecule has 0 atom stereocenters. The van der Waals surface area contributed by atoms with Crippen LogP contribution in [-0.2, 0) is 9.53 Å². The van der Waals surface area contributed by atoms with Crippen LogP contribution in [0.4, 0.5) is 11.4 Å². The smallest absolute Gasteiger partial charge is 0.344 e. The minimum absolute atomic E-state index is 0.0168. The van der Waals surface area contributed by atoms with Crippen molar-refractivity contribution >= 4 is 34.1 Å². The van der Waals surface area contributed by atoms with Gasteiger partial charge in [-0.3, -0.25) is 0 Å². The molecule has 0 spiro atoms. The average molecular weight is 424 g/mol. The molecule has 160 valence electrons. The largest absolute Gasteiger partial charge is 0.507 e. The number of hydrogen-bond donors (Lipinski definition) is 3. The van der Waals surface area contributed by atoms with E-state index in [9.17, 15) is 19.8 Å². The molecule has 3 rings (SSSR count). The molecule has 3 aromatic carbocycles. The maximum atomic E-state index is 11.8. The number of carboxylic acids is 1. The highest BCUT2D eigenvalue weighted by molar-refractivity contribution is 6.01. The maximum Gasteiger partial charge on any atom is 0.344 e. The van der Waals surface area contributed by atoms with Crippen LogP contribution in [0.25, 0.3) is 10.8 Å². The quantitative estimate of drug-likeness (QED) is 0.372. The minimum Gasteiger partial charge on any atom is -0.507 e. The van der Waals surface area contributed by atoms with E-state index >= 15 is 0 Å². The zero-order chi connectivity index (χ0) is 22.5. The zero-order valence-electron chi connectivity index (χ0n) is 16.8. The molecule has 3 aromatic rings. The third-order valence-corrected chi connectivity index (χ3v) is 4.47. The van der Waals surface area contributed by atoms with E-state index in [2.05, 4.69) is 10.2 Å². The van der Waals surface area contributed by atoms with Crippen molar-refractivity contribution in [2.75, 3.05) is 13.2 Å². The Bertz CT molecular complexity index is 1190. The van der Waals surface area contributed by atoms with Crippen molar-refractivity contribution in [3.05, 3.63) is 53.6 Å². The van der Waals surface area contributed by atoms with Gasteiger partial charge in [-0.1, -0.05) is 24.3 Å². The Balaban J connectivity index is 2.08. The Morgan fingerprint density at radius 2 is 1.74 bits per heavy atom. The number of ether oxygens (including phenoxy) is 2. The molecule has 0 aliphatic rings. The molecule has 0 bridgehead atoms. The van der Waals surface area contributed by atoms with E-state index in [1.165, 1.54) is 18.2 Å². The van der Waals surface area contributed by atoms with Gasteiger partial charge in [-0.2, -0.15) is 5.11 Å². The van der Waals surface area contributed by atoms with Gasteiger partial charge in [0.15, 0.2) is 12.4 Å². The van der Waals surface area contributed by atoms with Crippen LogP contribution in [-0.4, -0.2) is 40.5 Å². The number of fused-ring (bicyclic) bond motifs is 1. The Morgan fingerprint density at radius 3 is 2.39 bits per heavy atom. The third-order valence-electron chi connectivity index (χ3n) is 4.47. The first-order valence-corrected chi connectivity index (χ1v) is 9.34. The maximum absolute atomic E-state index is 11.8. The molecule has 3 N–H and O–H groups in total. The molecule has 31 heavy (non-hydrogen) atoms. The second kappa shape index (κ2) is 9.12. The number of carbonyl (C=O) groups excluding carboxylic acids is 1. The lowest BCUT2D eigenvalue weighted by molar-refractivity contribution is -0.145. The fourth-order valence-electron chi connectivity index (χ4n) is 2.99. The lowest BCUT2D eigenvalue weighted by Crippen LogP contribution is -2.15. The van der Waals surface area contributed by atoms with Crippen molar-refractivity contribution in [1.82, 2.24) is 0 Å². The van der Waals surface area contributed by atoms with Crippen LogP contribution in [0, 0.1) is 6.92 Å². The van der Waals surface area contributed by atoms with Crippen molar-refractivity contribution in [2.45, 2.75) is 13.8 Å². The zero-order valence-corrected chi connectivity index (χ0v) is 16.8. The van der Waals surface area contributed by atoms with E-state index < -0.39 is 17.7 Å². The SMILES string of the molecule is CCOC(=O)COc1c(C)c(O)c2ccccc2c1N=Nc1ccc(C(=O)O)c(O)c1. The van der Waals surface area contributed by atoms with Gasteiger partial charge in [0.1, 0.15) is 22.7 Å². The monoisotopic (exact) mass is 424 g/mol. The van der Waals surface area contributed by atoms with Crippen molar-refractivity contribution in [1.29, 1.82) is 0 Å². The van der Waals surface area contributed by atoms with Gasteiger partial charge < -0.3 is 24.8 Å². The number of rotatable bonds is 7. The fourth-order valence-corrected chi connectivity index (χ4v) is 2.99. The molecule has 0 aliphatic heterocycles. The topological polar surface area (TPSA) is 138 Å². The van der Waals surface area contributed by atoms with Crippen LogP contribution in [0.2, 0.25) is 0 Å². The Labute approximate surface area is 177 Å². The van der Waals surface area contributed by atoms with Crippen molar-refractivity contribution in [2.24, 2.45) is 10.2 Å². The highest BCUT2D eigenvalue weighted by atomic mass is 16.6. The molecule has 0 radical (unpaired) electrons. The summed E-state index contributed by atoms with van der Waals surface area (Å²) in [6, 6.07) is 10.7. The van der Waals surface area contributed by atoms with Gasteiger partial charge in [0.05, 0.1) is 12.3 Å². The van der Waals surface area contributed by atoms with E-state index in [0.717, 1.165) is 0 Å². The standard InChI is InChI=1S/C22H20N2O7/c1-3-30-18(26)11-31-21-12(2)20(27)15-7-5-4-6-14(15)19(21)24-23-13-8-9-16(22(28)29)17(25)10-13/h4-10,25,27H,3,11H2,1-2H3,(H,28,29). The van der Waals surface area contributed by atoms with Gasteiger partial charge in [0, 0.05) is 22.4 Å². The lowest BCUT2D eigenvalue weighted by Gasteiger charge is -2.15. The summed E-state index contributed by atoms with van der Waals surface area (Å²) in [7, 11) is 0. The van der Waals surface area contributed by atoms with Gasteiger partial charge >= 0.3 is 11.9 Å². The minimum atomic E-state index is -1.27. The van der Waals surface area contributed by atoms with Crippen LogP contribution >= 0.6 is 0 Å². The molecule has 0 fully saturated rings. The number of carboxylic acid groups (broad SMARTS) is 1. The number of hydrogen-bond acceptors (Lipinski definition) is 8. The molecule has 0 heterocycles. The van der Waals surface area contributed by atoms with Crippen LogP contribution < -0.4 is 4.74 Å². The summed E-state index contributed by atoms with van der Waals surface area (Å²) >= 11 is 0. The molecule has 0 saturated heterocycles. The number of phenols is 2. The predicted molar refractivity (Wildman–Crippen MR) is 112 cm³/mol. The van der Waals surface area contributed by atoms with Crippen LogP contribution in [0.15, 0.2) is 52.7 Å². The van der Waals surface area contributed by atoms with Gasteiger partial charge in [0.2, 0.25) is 0 Å². The van der Waals surface area contributed by atoms with Gasteiger partial charge in [-0.15, -0.1) is 5.11 Å². The third kappa shape index (κ3) is 4.55. The lowest BCUT2D eigenvalue weighted by atomic mass is 10.0. The summed E-state index contributed by atoms with van der Waals surface area (Å²) in [5, 5.41) is 38.8. The Hall–Kier alpha value is -4.14. The van der Waals surface area contributed by atoms with Gasteiger partial charge in [0.25, 0.3) is 0 Å². The van der Waals surface area contributed by atoms with E-state index in [1.54, 1.807) is 38.1 Å². The second-order valence-corrected chi connectivity index (χ2v) is 6.50. The summed E-state index contributed by atoms with van der Waals surface area (Å²) in [5.41, 5.74) is 0.565. The normalized spacial score (nSPS) is 11.0. The fraction of sp³-hybridized carbons (Fsp3) is 0.182. The van der Waals surface area contributed by atoms with Crippen molar-refractivity contribution in [3.63, 3.8) is 0 Å². The molecule has 9 heteroatoms. The number of benzene rings is 3. The van der Waals surface area contributed by atoms with Gasteiger partial charge in [-0.25, -0.2) is 9.59 Å². The van der Waals surface area contributed by atoms with E-state index in [-0.39, 0.29) is 41.7 Å². The van der Waals surface area contributed by atoms with Crippen LogP contribution in [0.1, 0.15) is 22.8 Å². The number of carbonyl (C=O) groups is 2. The number of aromatic carboxylic acids is 1. The molecular formula is C22H20N2O7. The highest BCUT2D eigenvalue weighted by Gasteiger charge is 2.19. The van der Waals surface area contributed by atoms with Crippen molar-refractivity contribution < 1.29 is 34.4 Å². The van der Waals surface area contributed by atoms with Crippen LogP contribution in [0.3, 0.4) is 0 Å². The number of phenolic OH excluding ortho intramolecular Hbond substituents is 1. The molecular weight excluding hydrogens is 404 g/mol.